The van der Waals surface area contributed by atoms with Crippen molar-refractivity contribution < 1.29 is 0 Å². The first-order valence-corrected chi connectivity index (χ1v) is 7.27. The molecule has 2 nitrogen and oxygen atoms in total. The Bertz CT molecular complexity index is 378. The smallest absolute Gasteiger partial charge is 0.0513 e. The summed E-state index contributed by atoms with van der Waals surface area (Å²) in [7, 11) is 0. The van der Waals surface area contributed by atoms with Crippen molar-refractivity contribution in [1.82, 2.24) is 5.32 Å². The van der Waals surface area contributed by atoms with E-state index in [1.165, 1.54) is 35.1 Å². The highest BCUT2D eigenvalue weighted by Gasteiger charge is 2.21. The second kappa shape index (κ2) is 5.87. The third kappa shape index (κ3) is 3.02. The Kier molecular flexibility index (Phi) is 4.46. The number of halogens is 1. The van der Waals surface area contributed by atoms with Crippen molar-refractivity contribution in [3.8, 4) is 0 Å². The van der Waals surface area contributed by atoms with Crippen molar-refractivity contribution in [3.63, 3.8) is 0 Å². The molecule has 0 radical (unpaired) electrons. The topological polar surface area (TPSA) is 15.3 Å². The molecule has 1 atom stereocenters. The van der Waals surface area contributed by atoms with Crippen LogP contribution >= 0.6 is 15.9 Å². The lowest BCUT2D eigenvalue weighted by Crippen LogP contribution is -2.26. The van der Waals surface area contributed by atoms with Crippen molar-refractivity contribution in [2.24, 2.45) is 0 Å². The van der Waals surface area contributed by atoms with Crippen LogP contribution in [0.15, 0.2) is 22.7 Å². The summed E-state index contributed by atoms with van der Waals surface area (Å²) in [6, 6.07) is 7.39. The van der Waals surface area contributed by atoms with Crippen LogP contribution in [0.5, 0.6) is 0 Å². The highest BCUT2D eigenvalue weighted by molar-refractivity contribution is 9.10. The molecule has 0 saturated carbocycles. The molecular formula is C14H21BrN2. The molecule has 1 fully saturated rings. The lowest BCUT2D eigenvalue weighted by Gasteiger charge is -2.25. The van der Waals surface area contributed by atoms with Crippen LogP contribution in [0, 0.1) is 0 Å². The van der Waals surface area contributed by atoms with Gasteiger partial charge in [0.1, 0.15) is 0 Å². The summed E-state index contributed by atoms with van der Waals surface area (Å²) in [6.45, 7) is 7.60. The molecule has 1 aromatic rings. The third-order valence-corrected chi connectivity index (χ3v) is 4.09. The molecule has 94 valence electrons. The van der Waals surface area contributed by atoms with Crippen LogP contribution in [0.2, 0.25) is 0 Å². The van der Waals surface area contributed by atoms with Gasteiger partial charge in [-0.2, -0.15) is 0 Å². The van der Waals surface area contributed by atoms with Crippen LogP contribution in [0.25, 0.3) is 0 Å². The zero-order valence-corrected chi connectivity index (χ0v) is 12.3. The first-order chi connectivity index (χ1) is 8.22. The first-order valence-electron chi connectivity index (χ1n) is 6.48. The van der Waals surface area contributed by atoms with Crippen LogP contribution in [-0.4, -0.2) is 19.1 Å². The van der Waals surface area contributed by atoms with E-state index < -0.39 is 0 Å². The van der Waals surface area contributed by atoms with Gasteiger partial charge in [-0.3, -0.25) is 0 Å². The number of rotatable bonds is 4. The van der Waals surface area contributed by atoms with Crippen LogP contribution in [0.3, 0.4) is 0 Å². The molecular weight excluding hydrogens is 276 g/mol. The normalized spacial score (nSPS) is 19.9. The van der Waals surface area contributed by atoms with Crippen LogP contribution in [0.1, 0.15) is 32.3 Å². The molecule has 1 aromatic carbocycles. The minimum Gasteiger partial charge on any atom is -0.368 e. The van der Waals surface area contributed by atoms with Gasteiger partial charge in [-0.25, -0.2) is 0 Å². The number of benzene rings is 1. The van der Waals surface area contributed by atoms with Gasteiger partial charge in [0.2, 0.25) is 0 Å². The third-order valence-electron chi connectivity index (χ3n) is 3.45. The van der Waals surface area contributed by atoms with E-state index in [2.05, 4.69) is 58.2 Å². The quantitative estimate of drug-likeness (QED) is 0.914. The van der Waals surface area contributed by atoms with Gasteiger partial charge >= 0.3 is 0 Å². The minimum atomic E-state index is 0.672. The fourth-order valence-corrected chi connectivity index (χ4v) is 3.11. The monoisotopic (exact) mass is 296 g/mol. The Morgan fingerprint density at radius 2 is 2.29 bits per heavy atom. The fraction of sp³-hybridized carbons (Fsp3) is 0.571. The molecule has 1 heterocycles. The van der Waals surface area contributed by atoms with Gasteiger partial charge in [-0.05, 0) is 59.9 Å². The maximum atomic E-state index is 3.71. The standard InChI is InChI=1S/C14H21BrN2/c1-3-16-10-12-6-7-14(13(15)9-12)17-8-4-5-11(17)2/h6-7,9,11,16H,3-5,8,10H2,1-2H3. The van der Waals surface area contributed by atoms with E-state index >= 15 is 0 Å². The average Bonchev–Trinajstić information content (AvgIpc) is 2.73. The largest absolute Gasteiger partial charge is 0.368 e. The molecule has 3 heteroatoms. The fourth-order valence-electron chi connectivity index (χ4n) is 2.45. The van der Waals surface area contributed by atoms with Crippen molar-refractivity contribution in [2.75, 3.05) is 18.0 Å². The zero-order valence-electron chi connectivity index (χ0n) is 10.7. The van der Waals surface area contributed by atoms with E-state index in [0.29, 0.717) is 6.04 Å². The summed E-state index contributed by atoms with van der Waals surface area (Å²) in [5, 5.41) is 3.36. The van der Waals surface area contributed by atoms with E-state index in [-0.39, 0.29) is 0 Å². The van der Waals surface area contributed by atoms with Gasteiger partial charge in [0.15, 0.2) is 0 Å². The highest BCUT2D eigenvalue weighted by atomic mass is 79.9. The molecule has 0 amide bonds. The first kappa shape index (κ1) is 12.9. The Morgan fingerprint density at radius 1 is 1.47 bits per heavy atom. The molecule has 1 aliphatic rings. The summed E-state index contributed by atoms with van der Waals surface area (Å²) >= 11 is 3.71. The van der Waals surface area contributed by atoms with E-state index in [4.69, 9.17) is 0 Å². The molecule has 0 spiro atoms. The summed E-state index contributed by atoms with van der Waals surface area (Å²) in [4.78, 5) is 2.50. The SMILES string of the molecule is CCNCc1ccc(N2CCCC2C)c(Br)c1. The molecule has 0 bridgehead atoms. The van der Waals surface area contributed by atoms with Gasteiger partial charge in [-0.1, -0.05) is 13.0 Å². The number of nitrogens with one attached hydrogen (secondary N) is 1. The molecule has 1 N–H and O–H groups in total. The predicted octanol–water partition coefficient (Wildman–Crippen LogP) is 3.55. The second-order valence-corrected chi connectivity index (χ2v) is 5.61. The maximum Gasteiger partial charge on any atom is 0.0513 e. The molecule has 0 aromatic heterocycles. The number of nitrogens with zero attached hydrogens (tertiary/aromatic N) is 1. The average molecular weight is 297 g/mol. The van der Waals surface area contributed by atoms with Gasteiger partial charge in [0.25, 0.3) is 0 Å². The minimum absolute atomic E-state index is 0.672. The Morgan fingerprint density at radius 3 is 2.88 bits per heavy atom. The van der Waals surface area contributed by atoms with E-state index in [9.17, 15) is 0 Å². The molecule has 1 aliphatic heterocycles. The number of anilines is 1. The Hall–Kier alpha value is -0.540. The number of hydrogen-bond acceptors (Lipinski definition) is 2. The summed E-state index contributed by atoms with van der Waals surface area (Å²) < 4.78 is 1.22. The zero-order chi connectivity index (χ0) is 12.3. The van der Waals surface area contributed by atoms with Crippen molar-refractivity contribution >= 4 is 21.6 Å². The molecule has 17 heavy (non-hydrogen) atoms. The van der Waals surface area contributed by atoms with Crippen molar-refractivity contribution in [2.45, 2.75) is 39.3 Å². The van der Waals surface area contributed by atoms with Crippen LogP contribution in [-0.2, 0) is 6.54 Å². The van der Waals surface area contributed by atoms with Gasteiger partial charge in [0, 0.05) is 23.6 Å². The van der Waals surface area contributed by atoms with E-state index in [0.717, 1.165) is 13.1 Å². The summed E-state index contributed by atoms with van der Waals surface area (Å²) in [5.41, 5.74) is 2.68. The molecule has 0 aliphatic carbocycles. The van der Waals surface area contributed by atoms with Gasteiger partial charge in [0.05, 0.1) is 5.69 Å². The lowest BCUT2D eigenvalue weighted by atomic mass is 10.2. The molecule has 2 rings (SSSR count). The van der Waals surface area contributed by atoms with Gasteiger partial charge < -0.3 is 10.2 Å². The summed E-state index contributed by atoms with van der Waals surface area (Å²) in [6.07, 6.45) is 2.62. The van der Waals surface area contributed by atoms with E-state index in [1.54, 1.807) is 0 Å². The van der Waals surface area contributed by atoms with E-state index in [1.807, 2.05) is 0 Å². The molecule has 1 unspecified atom stereocenters. The van der Waals surface area contributed by atoms with Crippen molar-refractivity contribution in [3.05, 3.63) is 28.2 Å². The lowest BCUT2D eigenvalue weighted by molar-refractivity contribution is 0.723. The van der Waals surface area contributed by atoms with Crippen LogP contribution in [0.4, 0.5) is 5.69 Å². The highest BCUT2D eigenvalue weighted by Crippen LogP contribution is 2.32. The van der Waals surface area contributed by atoms with Gasteiger partial charge in [-0.15, -0.1) is 0 Å². The van der Waals surface area contributed by atoms with Crippen molar-refractivity contribution in [1.29, 1.82) is 0 Å². The second-order valence-electron chi connectivity index (χ2n) is 4.75. The Labute approximate surface area is 113 Å². The number of hydrogen-bond donors (Lipinski definition) is 1. The maximum absolute atomic E-state index is 3.71. The molecule has 1 saturated heterocycles. The Balaban J connectivity index is 2.13. The van der Waals surface area contributed by atoms with Crippen LogP contribution < -0.4 is 10.2 Å². The predicted molar refractivity (Wildman–Crippen MR) is 77.6 cm³/mol. The summed E-state index contributed by atoms with van der Waals surface area (Å²) in [5.74, 6) is 0.